The first-order valence-electron chi connectivity index (χ1n) is 1.63. The average molecular weight is 213 g/mol. The average Bonchev–Trinajstić information content (AvgIpc) is 1.87. The molecule has 1 aliphatic heterocycles. The first-order chi connectivity index (χ1) is 3.29. The van der Waals surface area contributed by atoms with Crippen LogP contribution in [0.4, 0.5) is 4.79 Å². The molecule has 0 spiro atoms. The molecule has 40 valence electrons. The molecule has 0 aliphatic carbocycles. The Hall–Kier alpha value is -0.130. The maximum absolute atomic E-state index is 10.2. The third-order valence-corrected chi connectivity index (χ3v) is 2.15. The summed E-state index contributed by atoms with van der Waals surface area (Å²) in [6.07, 6.45) is 0. The number of hydrogen-bond donors (Lipinski definition) is 0. The van der Waals surface area contributed by atoms with Gasteiger partial charge in [-0.2, -0.15) is 0 Å². The van der Waals surface area contributed by atoms with Gasteiger partial charge in [-0.1, -0.05) is 0 Å². The zero-order chi connectivity index (χ0) is 5.28. The van der Waals surface area contributed by atoms with E-state index in [4.69, 9.17) is 0 Å². The monoisotopic (exact) mass is 213 g/mol. The van der Waals surface area contributed by atoms with Crippen LogP contribution in [0.25, 0.3) is 0 Å². The van der Waals surface area contributed by atoms with E-state index in [1.54, 1.807) is 0 Å². The molecule has 0 atom stereocenters. The molecule has 1 rings (SSSR count). The van der Waals surface area contributed by atoms with Crippen molar-refractivity contribution < 1.29 is 35.5 Å². The van der Waals surface area contributed by atoms with E-state index in [2.05, 4.69) is 4.74 Å². The number of rotatable bonds is 0. The fourth-order valence-electron chi connectivity index (χ4n) is 0.254. The van der Waals surface area contributed by atoms with Crippen LogP contribution >= 0.6 is 0 Å². The summed E-state index contributed by atoms with van der Waals surface area (Å²) < 4.78 is 4.03. The van der Waals surface area contributed by atoms with Crippen LogP contribution in [0, 0.1) is 0 Å². The number of ether oxygens (including phenoxy) is 1. The van der Waals surface area contributed by atoms with E-state index in [1.165, 1.54) is 0 Å². The number of carbonyl (C=O) groups excluding carboxylic acids is 2. The molecule has 4 heteroatoms. The summed E-state index contributed by atoms with van der Waals surface area (Å²) >= 11 is -0.883. The van der Waals surface area contributed by atoms with E-state index in [1.807, 2.05) is 0 Å². The molecule has 0 aromatic heterocycles. The van der Waals surface area contributed by atoms with Gasteiger partial charge >= 0.3 is 49.9 Å². The van der Waals surface area contributed by atoms with Gasteiger partial charge in [0.25, 0.3) is 0 Å². The molecule has 3 nitrogen and oxygen atoms in total. The normalized spacial score (nSPS) is 21.1. The molecule has 1 heterocycles. The standard InChI is InChI=1S/C3H2IO3/c5-2-1-7-3(6)4-2/h1H2/q-1. The molecule has 0 aromatic carbocycles. The van der Waals surface area contributed by atoms with Gasteiger partial charge in [0.15, 0.2) is 0 Å². The molecule has 0 aromatic rings. The molecular formula is C3H2IO3-. The van der Waals surface area contributed by atoms with Crippen molar-refractivity contribution in [1.29, 1.82) is 0 Å². The summed E-state index contributed by atoms with van der Waals surface area (Å²) in [7, 11) is 0. The molecule has 1 saturated heterocycles. The molecule has 0 radical (unpaired) electrons. The first-order valence-corrected chi connectivity index (χ1v) is 3.79. The summed E-state index contributed by atoms with van der Waals surface area (Å²) in [4.78, 5) is 20.2. The van der Waals surface area contributed by atoms with Crippen molar-refractivity contribution in [2.45, 2.75) is 0 Å². The van der Waals surface area contributed by atoms with Crippen molar-refractivity contribution in [3.8, 4) is 0 Å². The van der Waals surface area contributed by atoms with Gasteiger partial charge in [-0.15, -0.1) is 0 Å². The molecule has 1 fully saturated rings. The minimum atomic E-state index is -0.883. The van der Waals surface area contributed by atoms with Gasteiger partial charge in [0.1, 0.15) is 0 Å². The number of hydrogen-bond acceptors (Lipinski definition) is 3. The topological polar surface area (TPSA) is 43.4 Å². The maximum atomic E-state index is 10.2. The van der Waals surface area contributed by atoms with Gasteiger partial charge in [0.2, 0.25) is 0 Å². The summed E-state index contributed by atoms with van der Waals surface area (Å²) in [5, 5.41) is 0. The molecule has 0 N–H and O–H groups in total. The summed E-state index contributed by atoms with van der Waals surface area (Å²) in [6, 6.07) is 0. The Kier molecular flexibility index (Phi) is 1.27. The molecule has 0 amide bonds. The van der Waals surface area contributed by atoms with Crippen molar-refractivity contribution in [2.75, 3.05) is 6.61 Å². The number of cyclic esters (lactones) is 1. The zero-order valence-electron chi connectivity index (χ0n) is 3.31. The minimum absolute atomic E-state index is 0.0104. The van der Waals surface area contributed by atoms with Crippen LogP contribution in [-0.2, 0) is 9.53 Å². The van der Waals surface area contributed by atoms with Gasteiger partial charge in [-0.05, 0) is 0 Å². The Bertz CT molecular complexity index is 105. The van der Waals surface area contributed by atoms with Crippen molar-refractivity contribution in [2.24, 2.45) is 0 Å². The number of carbonyl (C=O) groups is 2. The summed E-state index contributed by atoms with van der Waals surface area (Å²) in [5.74, 6) is 0. The van der Waals surface area contributed by atoms with E-state index in [0.717, 1.165) is 0 Å². The zero-order valence-corrected chi connectivity index (χ0v) is 5.47. The summed E-state index contributed by atoms with van der Waals surface area (Å²) in [5.41, 5.74) is 0. The van der Waals surface area contributed by atoms with Crippen molar-refractivity contribution >= 4 is 7.77 Å². The Balaban J connectivity index is 2.55. The van der Waals surface area contributed by atoms with Gasteiger partial charge < -0.3 is 0 Å². The quantitative estimate of drug-likeness (QED) is 0.313. The molecule has 7 heavy (non-hydrogen) atoms. The van der Waals surface area contributed by atoms with Crippen LogP contribution in [-0.4, -0.2) is 14.4 Å². The Labute approximate surface area is 50.3 Å². The van der Waals surface area contributed by atoms with Crippen LogP contribution in [0.1, 0.15) is 0 Å². The molecule has 0 bridgehead atoms. The van der Waals surface area contributed by atoms with Crippen LogP contribution < -0.4 is 21.2 Å². The van der Waals surface area contributed by atoms with Gasteiger partial charge in [-0.3, -0.25) is 0 Å². The van der Waals surface area contributed by atoms with E-state index in [-0.39, 0.29) is 14.4 Å². The van der Waals surface area contributed by atoms with Gasteiger partial charge in [0.05, 0.1) is 0 Å². The predicted molar refractivity (Wildman–Crippen MR) is 16.4 cm³/mol. The fourth-order valence-corrected chi connectivity index (χ4v) is 1.37. The number of halogens is 1. The summed E-state index contributed by atoms with van der Waals surface area (Å²) in [6.45, 7) is 0.0338. The molecular weight excluding hydrogens is 211 g/mol. The van der Waals surface area contributed by atoms with Gasteiger partial charge in [0, 0.05) is 0 Å². The van der Waals surface area contributed by atoms with Crippen molar-refractivity contribution in [3.63, 3.8) is 0 Å². The fraction of sp³-hybridized carbons (Fsp3) is 0.333. The second kappa shape index (κ2) is 1.77. The van der Waals surface area contributed by atoms with Crippen LogP contribution in [0.5, 0.6) is 0 Å². The van der Waals surface area contributed by atoms with Crippen LogP contribution in [0.3, 0.4) is 0 Å². The third kappa shape index (κ3) is 1.12. The molecule has 0 unspecified atom stereocenters. The van der Waals surface area contributed by atoms with Crippen molar-refractivity contribution in [3.05, 3.63) is 0 Å². The predicted octanol–water partition coefficient (Wildman–Crippen LogP) is -3.25. The SMILES string of the molecule is O=C1COC(=O)[I-]1. The Morgan fingerprint density at radius 3 is 2.43 bits per heavy atom. The van der Waals surface area contributed by atoms with E-state index < -0.39 is 21.2 Å². The van der Waals surface area contributed by atoms with E-state index >= 15 is 0 Å². The second-order valence-corrected chi connectivity index (χ2v) is 3.60. The third-order valence-electron chi connectivity index (χ3n) is 0.482. The Morgan fingerprint density at radius 2 is 2.29 bits per heavy atom. The molecule has 1 aliphatic rings. The molecule has 0 saturated carbocycles. The van der Waals surface area contributed by atoms with Gasteiger partial charge in [-0.25, -0.2) is 0 Å². The Morgan fingerprint density at radius 1 is 1.57 bits per heavy atom. The second-order valence-electron chi connectivity index (χ2n) is 0.976. The first kappa shape index (κ1) is 5.02. The van der Waals surface area contributed by atoms with Crippen LogP contribution in [0.2, 0.25) is 0 Å². The van der Waals surface area contributed by atoms with E-state index in [9.17, 15) is 9.59 Å². The van der Waals surface area contributed by atoms with Crippen LogP contribution in [0.15, 0.2) is 0 Å². The van der Waals surface area contributed by atoms with Crippen molar-refractivity contribution in [1.82, 2.24) is 0 Å². The van der Waals surface area contributed by atoms with E-state index in [0.29, 0.717) is 0 Å².